The zero-order chi connectivity index (χ0) is 24.5. The number of anilines is 1. The summed E-state index contributed by atoms with van der Waals surface area (Å²) in [6.07, 6.45) is 0. The molecule has 3 aromatic rings. The third-order valence-corrected chi connectivity index (χ3v) is 7.32. The van der Waals surface area contributed by atoms with E-state index in [9.17, 15) is 14.4 Å². The van der Waals surface area contributed by atoms with E-state index in [1.165, 1.54) is 11.3 Å². The first kappa shape index (κ1) is 25.9. The average Bonchev–Trinajstić information content (AvgIpc) is 3.39. The van der Waals surface area contributed by atoms with Crippen LogP contribution in [0.5, 0.6) is 11.5 Å². The molecule has 0 spiro atoms. The van der Waals surface area contributed by atoms with Crippen LogP contribution in [-0.2, 0) is 4.79 Å². The Hall–Kier alpha value is -3.21. The lowest BCUT2D eigenvalue weighted by Crippen LogP contribution is -2.45. The molecule has 190 valence electrons. The molecule has 5 rings (SSSR count). The minimum atomic E-state index is -0.450. The number of thiazole rings is 1. The molecule has 0 saturated heterocycles. The minimum Gasteiger partial charge on any atom is -0.486 e. The molecule has 3 amide bonds. The molecular weight excluding hydrogens is 504 g/mol. The molecule has 0 saturated carbocycles. The van der Waals surface area contributed by atoms with Gasteiger partial charge in [-0.1, -0.05) is 37.3 Å². The first-order valence-corrected chi connectivity index (χ1v) is 12.5. The van der Waals surface area contributed by atoms with Gasteiger partial charge < -0.3 is 14.4 Å². The van der Waals surface area contributed by atoms with Crippen molar-refractivity contribution in [2.45, 2.75) is 13.8 Å². The van der Waals surface area contributed by atoms with Gasteiger partial charge in [0.15, 0.2) is 16.6 Å². The Kier molecular flexibility index (Phi) is 7.77. The zero-order valence-corrected chi connectivity index (χ0v) is 21.7. The molecule has 0 unspecified atom stereocenters. The number of imide groups is 1. The van der Waals surface area contributed by atoms with Gasteiger partial charge in [0.1, 0.15) is 19.8 Å². The van der Waals surface area contributed by atoms with Crippen LogP contribution in [0.4, 0.5) is 5.13 Å². The molecular formula is C25H27ClN4O5S. The fraction of sp³-hybridized carbons (Fsp3) is 0.360. The van der Waals surface area contributed by atoms with Gasteiger partial charge in [-0.05, 0) is 25.2 Å². The highest BCUT2D eigenvalue weighted by Gasteiger charge is 2.37. The lowest BCUT2D eigenvalue weighted by Gasteiger charge is -2.26. The number of rotatable bonds is 8. The molecule has 9 nitrogen and oxygen atoms in total. The molecule has 2 aliphatic rings. The summed E-state index contributed by atoms with van der Waals surface area (Å²) in [6, 6.07) is 10.3. The van der Waals surface area contributed by atoms with E-state index < -0.39 is 11.8 Å². The van der Waals surface area contributed by atoms with Crippen LogP contribution in [0.3, 0.4) is 0 Å². The van der Waals surface area contributed by atoms with Crippen molar-refractivity contribution in [2.24, 2.45) is 0 Å². The normalized spacial score (nSPS) is 14.2. The number of carbonyl (C=O) groups is 3. The second-order valence-electron chi connectivity index (χ2n) is 8.27. The van der Waals surface area contributed by atoms with Crippen molar-refractivity contribution in [1.82, 2.24) is 14.8 Å². The number of ether oxygens (including phenoxy) is 2. The van der Waals surface area contributed by atoms with Crippen LogP contribution in [0, 0.1) is 0 Å². The Labute approximate surface area is 219 Å². The summed E-state index contributed by atoms with van der Waals surface area (Å²) in [6.45, 7) is 7.46. The summed E-state index contributed by atoms with van der Waals surface area (Å²) in [5.41, 5.74) is 1.35. The van der Waals surface area contributed by atoms with Crippen molar-refractivity contribution in [3.63, 3.8) is 0 Å². The maximum Gasteiger partial charge on any atom is 0.262 e. The van der Waals surface area contributed by atoms with Crippen LogP contribution in [0.15, 0.2) is 36.4 Å². The molecule has 1 aromatic heterocycles. The van der Waals surface area contributed by atoms with Gasteiger partial charge in [-0.15, -0.1) is 12.4 Å². The fourth-order valence-electron chi connectivity index (χ4n) is 4.28. The first-order valence-electron chi connectivity index (χ1n) is 11.7. The summed E-state index contributed by atoms with van der Waals surface area (Å²) >= 11 is 1.37. The van der Waals surface area contributed by atoms with Crippen molar-refractivity contribution in [1.29, 1.82) is 0 Å². The number of nitrogens with zero attached hydrogens (tertiary/aromatic N) is 4. The molecule has 0 radical (unpaired) electrons. The van der Waals surface area contributed by atoms with E-state index in [1.807, 2.05) is 12.1 Å². The van der Waals surface area contributed by atoms with E-state index in [4.69, 9.17) is 14.5 Å². The number of amides is 3. The van der Waals surface area contributed by atoms with E-state index in [0.717, 1.165) is 22.7 Å². The predicted octanol–water partition coefficient (Wildman–Crippen LogP) is 3.46. The zero-order valence-electron chi connectivity index (χ0n) is 20.1. The Morgan fingerprint density at radius 2 is 1.61 bits per heavy atom. The Morgan fingerprint density at radius 3 is 2.22 bits per heavy atom. The van der Waals surface area contributed by atoms with Gasteiger partial charge in [-0.3, -0.25) is 24.2 Å². The fourth-order valence-corrected chi connectivity index (χ4v) is 5.30. The molecule has 0 fully saturated rings. The largest absolute Gasteiger partial charge is 0.486 e. The van der Waals surface area contributed by atoms with Crippen molar-refractivity contribution in [3.8, 4) is 11.5 Å². The molecule has 36 heavy (non-hydrogen) atoms. The van der Waals surface area contributed by atoms with Gasteiger partial charge >= 0.3 is 0 Å². The number of carbonyl (C=O) groups excluding carboxylic acids is 3. The molecule has 0 aliphatic carbocycles. The molecule has 0 atom stereocenters. The van der Waals surface area contributed by atoms with Gasteiger partial charge in [0.05, 0.1) is 21.3 Å². The molecule has 11 heteroatoms. The lowest BCUT2D eigenvalue weighted by atomic mass is 10.1. The number of aromatic nitrogens is 1. The van der Waals surface area contributed by atoms with Crippen molar-refractivity contribution < 1.29 is 23.9 Å². The second-order valence-corrected chi connectivity index (χ2v) is 9.28. The topological polar surface area (TPSA) is 92.3 Å². The second kappa shape index (κ2) is 10.8. The quantitative estimate of drug-likeness (QED) is 0.412. The van der Waals surface area contributed by atoms with E-state index in [1.54, 1.807) is 29.2 Å². The number of hydrogen-bond donors (Lipinski definition) is 0. The molecule has 2 aromatic carbocycles. The Bertz CT molecular complexity index is 1230. The SMILES string of the molecule is CCN(CC)CCN(C(=O)CN1C(=O)c2ccccc2C1=O)c1nc2cc3c(cc2s1)OCCO3.Cl. The molecule has 0 N–H and O–H groups in total. The minimum absolute atomic E-state index is 0. The average molecular weight is 531 g/mol. The number of hydrogen-bond acceptors (Lipinski definition) is 8. The lowest BCUT2D eigenvalue weighted by molar-refractivity contribution is -0.119. The maximum absolute atomic E-state index is 13.5. The number of fused-ring (bicyclic) bond motifs is 3. The van der Waals surface area contributed by atoms with E-state index in [2.05, 4.69) is 18.7 Å². The third-order valence-electron chi connectivity index (χ3n) is 6.28. The molecule has 2 aliphatic heterocycles. The highest BCUT2D eigenvalue weighted by molar-refractivity contribution is 7.22. The number of halogens is 1. The van der Waals surface area contributed by atoms with E-state index in [-0.39, 0.29) is 24.9 Å². The van der Waals surface area contributed by atoms with Crippen molar-refractivity contribution >= 4 is 56.8 Å². The van der Waals surface area contributed by atoms with E-state index >= 15 is 0 Å². The summed E-state index contributed by atoms with van der Waals surface area (Å²) in [5.74, 6) is 0.0319. The Morgan fingerprint density at radius 1 is 1.00 bits per heavy atom. The summed E-state index contributed by atoms with van der Waals surface area (Å²) in [5, 5.41) is 0.510. The van der Waals surface area contributed by atoms with Crippen LogP contribution >= 0.6 is 23.7 Å². The highest BCUT2D eigenvalue weighted by Crippen LogP contribution is 2.39. The van der Waals surface area contributed by atoms with Crippen LogP contribution in [0.1, 0.15) is 34.6 Å². The third kappa shape index (κ3) is 4.76. The van der Waals surface area contributed by atoms with Crippen LogP contribution in [0.25, 0.3) is 10.2 Å². The van der Waals surface area contributed by atoms with Crippen molar-refractivity contribution in [2.75, 3.05) is 50.8 Å². The number of likely N-dealkylation sites (N-methyl/N-ethyl adjacent to an activating group) is 1. The predicted molar refractivity (Wildman–Crippen MR) is 140 cm³/mol. The van der Waals surface area contributed by atoms with Gasteiger partial charge in [-0.2, -0.15) is 0 Å². The molecule has 3 heterocycles. The van der Waals surface area contributed by atoms with Gasteiger partial charge in [0.2, 0.25) is 5.91 Å². The maximum atomic E-state index is 13.5. The van der Waals surface area contributed by atoms with Crippen LogP contribution in [0.2, 0.25) is 0 Å². The van der Waals surface area contributed by atoms with Crippen LogP contribution < -0.4 is 14.4 Å². The number of benzene rings is 2. The van der Waals surface area contributed by atoms with E-state index in [0.29, 0.717) is 59.6 Å². The van der Waals surface area contributed by atoms with Crippen LogP contribution in [-0.4, -0.2) is 78.4 Å². The van der Waals surface area contributed by atoms with Crippen molar-refractivity contribution in [3.05, 3.63) is 47.5 Å². The highest BCUT2D eigenvalue weighted by atomic mass is 35.5. The molecule has 0 bridgehead atoms. The smallest absolute Gasteiger partial charge is 0.262 e. The first-order chi connectivity index (χ1) is 17.0. The monoisotopic (exact) mass is 530 g/mol. The summed E-state index contributed by atoms with van der Waals surface area (Å²) in [7, 11) is 0. The Balaban J connectivity index is 0.00000304. The standard InChI is InChI=1S/C25H26N4O5S.ClH/c1-3-27(4-2)9-10-28(22(30)15-29-23(31)16-7-5-6-8-17(16)24(29)32)25-26-18-13-19-20(14-21(18)35-25)34-12-11-33-19;/h5-8,13-14H,3-4,9-12,15H2,1-2H3;1H. The summed E-state index contributed by atoms with van der Waals surface area (Å²) in [4.78, 5) is 48.7. The van der Waals surface area contributed by atoms with Gasteiger partial charge in [0.25, 0.3) is 11.8 Å². The van der Waals surface area contributed by atoms with Gasteiger partial charge in [0, 0.05) is 25.2 Å². The summed E-state index contributed by atoms with van der Waals surface area (Å²) < 4.78 is 12.2. The van der Waals surface area contributed by atoms with Gasteiger partial charge in [-0.25, -0.2) is 4.98 Å².